The van der Waals surface area contributed by atoms with Crippen molar-refractivity contribution in [2.45, 2.75) is 27.2 Å². The lowest BCUT2D eigenvalue weighted by Gasteiger charge is -2.11. The molecule has 4 heteroatoms. The van der Waals surface area contributed by atoms with Gasteiger partial charge < -0.3 is 10.2 Å². The van der Waals surface area contributed by atoms with Gasteiger partial charge in [-0.25, -0.2) is 4.79 Å². The molecular weight excluding hydrogens is 184 g/mol. The average molecular weight is 198 g/mol. The highest BCUT2D eigenvalue weighted by Crippen LogP contribution is 2.64. The number of hydrogen-bond donors (Lipinski definition) is 2. The van der Waals surface area contributed by atoms with Gasteiger partial charge in [-0.3, -0.25) is 4.79 Å². The number of aliphatic carboxylic acids is 2. The van der Waals surface area contributed by atoms with Crippen LogP contribution in [0.5, 0.6) is 0 Å². The first-order valence-electron chi connectivity index (χ1n) is 4.39. The zero-order valence-electron chi connectivity index (χ0n) is 8.50. The van der Waals surface area contributed by atoms with Gasteiger partial charge in [-0.05, 0) is 18.8 Å². The van der Waals surface area contributed by atoms with E-state index in [4.69, 9.17) is 10.2 Å². The lowest BCUT2D eigenvalue weighted by atomic mass is 9.93. The zero-order valence-corrected chi connectivity index (χ0v) is 8.50. The quantitative estimate of drug-likeness (QED) is 0.674. The molecule has 0 amide bonds. The molecule has 0 aromatic rings. The maximum absolute atomic E-state index is 11.0. The highest BCUT2D eigenvalue weighted by molar-refractivity contribution is 5.90. The summed E-state index contributed by atoms with van der Waals surface area (Å²) < 4.78 is 0. The van der Waals surface area contributed by atoms with Crippen molar-refractivity contribution in [2.24, 2.45) is 10.8 Å². The molecule has 0 heterocycles. The van der Waals surface area contributed by atoms with Crippen molar-refractivity contribution in [3.05, 3.63) is 11.6 Å². The van der Waals surface area contributed by atoms with Crippen LogP contribution in [-0.4, -0.2) is 22.2 Å². The monoisotopic (exact) mass is 198 g/mol. The van der Waals surface area contributed by atoms with Gasteiger partial charge in [0, 0.05) is 5.57 Å². The molecule has 1 saturated carbocycles. The maximum atomic E-state index is 11.0. The molecule has 0 aromatic heterocycles. The summed E-state index contributed by atoms with van der Waals surface area (Å²) in [6, 6.07) is 0. The molecule has 1 fully saturated rings. The van der Waals surface area contributed by atoms with Gasteiger partial charge in [0.15, 0.2) is 0 Å². The van der Waals surface area contributed by atoms with Crippen LogP contribution in [0.15, 0.2) is 11.6 Å². The van der Waals surface area contributed by atoms with Crippen molar-refractivity contribution in [1.29, 1.82) is 0 Å². The van der Waals surface area contributed by atoms with Crippen molar-refractivity contribution < 1.29 is 19.8 Å². The Hall–Kier alpha value is -1.32. The van der Waals surface area contributed by atoms with Crippen LogP contribution in [0, 0.1) is 10.8 Å². The predicted octanol–water partition coefficient (Wildman–Crippen LogP) is 1.52. The topological polar surface area (TPSA) is 74.6 Å². The van der Waals surface area contributed by atoms with Crippen LogP contribution in [0.3, 0.4) is 0 Å². The second-order valence-corrected chi connectivity index (χ2v) is 4.47. The summed E-state index contributed by atoms with van der Waals surface area (Å²) in [5.74, 6) is -2.00. The molecule has 14 heavy (non-hydrogen) atoms. The molecule has 1 rings (SSSR count). The molecule has 1 aliphatic carbocycles. The second-order valence-electron chi connectivity index (χ2n) is 4.47. The fraction of sp³-hybridized carbons (Fsp3) is 0.600. The molecule has 1 atom stereocenters. The lowest BCUT2D eigenvalue weighted by Crippen LogP contribution is -2.19. The van der Waals surface area contributed by atoms with Crippen LogP contribution in [0.4, 0.5) is 0 Å². The number of carboxylic acid groups (broad SMARTS) is 2. The molecule has 0 radical (unpaired) electrons. The minimum atomic E-state index is -1.06. The van der Waals surface area contributed by atoms with Crippen LogP contribution in [0.2, 0.25) is 0 Å². The molecule has 0 bridgehead atoms. The van der Waals surface area contributed by atoms with E-state index in [1.165, 1.54) is 13.0 Å². The number of carbonyl (C=O) groups is 2. The van der Waals surface area contributed by atoms with Crippen molar-refractivity contribution >= 4 is 11.9 Å². The minimum absolute atomic E-state index is 0.0953. The Morgan fingerprint density at radius 3 is 1.93 bits per heavy atom. The van der Waals surface area contributed by atoms with Gasteiger partial charge in [0.05, 0.1) is 5.41 Å². The Kier molecular flexibility index (Phi) is 2.18. The molecule has 4 nitrogen and oxygen atoms in total. The summed E-state index contributed by atoms with van der Waals surface area (Å²) in [6.07, 6.45) is 1.86. The summed E-state index contributed by atoms with van der Waals surface area (Å²) >= 11 is 0. The molecule has 2 N–H and O–H groups in total. The van der Waals surface area contributed by atoms with E-state index in [1.54, 1.807) is 0 Å². The molecule has 1 aliphatic rings. The van der Waals surface area contributed by atoms with Gasteiger partial charge in [0.1, 0.15) is 0 Å². The van der Waals surface area contributed by atoms with Gasteiger partial charge in [0.25, 0.3) is 0 Å². The van der Waals surface area contributed by atoms with Gasteiger partial charge in [0.2, 0.25) is 0 Å². The van der Waals surface area contributed by atoms with Gasteiger partial charge in [-0.15, -0.1) is 0 Å². The number of rotatable bonds is 3. The van der Waals surface area contributed by atoms with E-state index in [0.717, 1.165) is 0 Å². The smallest absolute Gasteiger partial charge is 0.330 e. The Balaban J connectivity index is 3.02. The standard InChI is InChI=1S/C10H14O4/c1-6(7(11)12)4-10(8(13)14)5-9(10,2)3/h4H,5H2,1-3H3,(H,11,12)(H,13,14)/b6-4+. The first-order valence-corrected chi connectivity index (χ1v) is 4.39. The molecule has 0 saturated heterocycles. The molecule has 78 valence electrons. The van der Waals surface area contributed by atoms with Crippen LogP contribution >= 0.6 is 0 Å². The highest BCUT2D eigenvalue weighted by atomic mass is 16.4. The van der Waals surface area contributed by atoms with E-state index in [1.807, 2.05) is 13.8 Å². The van der Waals surface area contributed by atoms with Gasteiger partial charge >= 0.3 is 11.9 Å². The largest absolute Gasteiger partial charge is 0.481 e. The van der Waals surface area contributed by atoms with Crippen LogP contribution in [-0.2, 0) is 9.59 Å². The summed E-state index contributed by atoms with van der Waals surface area (Å²) in [6.45, 7) is 5.07. The second kappa shape index (κ2) is 2.83. The predicted molar refractivity (Wildman–Crippen MR) is 49.9 cm³/mol. The Morgan fingerprint density at radius 1 is 1.29 bits per heavy atom. The Morgan fingerprint density at radius 2 is 1.71 bits per heavy atom. The molecule has 1 unspecified atom stereocenters. The van der Waals surface area contributed by atoms with E-state index < -0.39 is 17.4 Å². The summed E-state index contributed by atoms with van der Waals surface area (Å²) in [7, 11) is 0. The minimum Gasteiger partial charge on any atom is -0.481 e. The summed E-state index contributed by atoms with van der Waals surface area (Å²) in [5, 5.41) is 17.7. The van der Waals surface area contributed by atoms with E-state index in [-0.39, 0.29) is 11.0 Å². The van der Waals surface area contributed by atoms with Crippen LogP contribution in [0.1, 0.15) is 27.2 Å². The van der Waals surface area contributed by atoms with Crippen molar-refractivity contribution in [2.75, 3.05) is 0 Å². The lowest BCUT2D eigenvalue weighted by molar-refractivity contribution is -0.142. The molecule has 0 aromatic carbocycles. The first kappa shape index (κ1) is 10.8. The fourth-order valence-electron chi connectivity index (χ4n) is 1.76. The number of carboxylic acids is 2. The number of hydrogen-bond acceptors (Lipinski definition) is 2. The van der Waals surface area contributed by atoms with E-state index in [0.29, 0.717) is 6.42 Å². The summed E-state index contributed by atoms with van der Waals surface area (Å²) in [5.41, 5.74) is -1.22. The van der Waals surface area contributed by atoms with Crippen LogP contribution in [0.25, 0.3) is 0 Å². The Bertz CT molecular complexity index is 327. The normalized spacial score (nSPS) is 29.8. The van der Waals surface area contributed by atoms with Crippen LogP contribution < -0.4 is 0 Å². The molecule has 0 aliphatic heterocycles. The van der Waals surface area contributed by atoms with Crippen molar-refractivity contribution in [1.82, 2.24) is 0 Å². The van der Waals surface area contributed by atoms with E-state index in [2.05, 4.69) is 0 Å². The third-order valence-corrected chi connectivity index (χ3v) is 2.99. The van der Waals surface area contributed by atoms with E-state index >= 15 is 0 Å². The van der Waals surface area contributed by atoms with Gasteiger partial charge in [-0.2, -0.15) is 0 Å². The zero-order chi connectivity index (χ0) is 11.1. The fourth-order valence-corrected chi connectivity index (χ4v) is 1.76. The van der Waals surface area contributed by atoms with Gasteiger partial charge in [-0.1, -0.05) is 19.9 Å². The summed E-state index contributed by atoms with van der Waals surface area (Å²) in [4.78, 5) is 21.6. The maximum Gasteiger partial charge on any atom is 0.330 e. The Labute approximate surface area is 82.2 Å². The third kappa shape index (κ3) is 1.41. The third-order valence-electron chi connectivity index (χ3n) is 2.99. The van der Waals surface area contributed by atoms with Crippen molar-refractivity contribution in [3.8, 4) is 0 Å². The highest BCUT2D eigenvalue weighted by Gasteiger charge is 2.65. The van der Waals surface area contributed by atoms with Crippen molar-refractivity contribution in [3.63, 3.8) is 0 Å². The van der Waals surface area contributed by atoms with E-state index in [9.17, 15) is 9.59 Å². The average Bonchev–Trinajstić information content (AvgIpc) is 2.54. The SMILES string of the molecule is C/C(=C\C1(C(=O)O)CC1(C)C)C(=O)O. The molecule has 0 spiro atoms. The molecular formula is C10H14O4. The first-order chi connectivity index (χ1) is 6.23.